The monoisotopic (exact) mass is 515 g/mol. The summed E-state index contributed by atoms with van der Waals surface area (Å²) in [5, 5.41) is 0.529. The fraction of sp³-hybridized carbons (Fsp3) is 0.385. The van der Waals surface area contributed by atoms with Crippen LogP contribution < -0.4 is 9.04 Å². The van der Waals surface area contributed by atoms with E-state index in [-0.39, 0.29) is 5.82 Å². The Morgan fingerprint density at radius 1 is 1.11 bits per heavy atom. The first-order valence-electron chi connectivity index (χ1n) is 11.7. The minimum atomic E-state index is -0.260. The van der Waals surface area contributed by atoms with Crippen molar-refractivity contribution in [2.45, 2.75) is 31.3 Å². The van der Waals surface area contributed by atoms with Crippen LogP contribution in [0.3, 0.4) is 0 Å². The number of hydrogen-bond donors (Lipinski definition) is 0. The van der Waals surface area contributed by atoms with Gasteiger partial charge in [-0.15, -0.1) is 0 Å². The van der Waals surface area contributed by atoms with Gasteiger partial charge in [0.25, 0.3) is 0 Å². The van der Waals surface area contributed by atoms with Gasteiger partial charge in [0.2, 0.25) is 5.88 Å². The lowest BCUT2D eigenvalue weighted by atomic mass is 10.1. The molecule has 0 radical (unpaired) electrons. The molecule has 0 amide bonds. The topological polar surface area (TPSA) is 44.7 Å². The second-order valence-electron chi connectivity index (χ2n) is 8.87. The van der Waals surface area contributed by atoms with Crippen molar-refractivity contribution in [2.75, 3.05) is 44.6 Å². The van der Waals surface area contributed by atoms with E-state index in [0.717, 1.165) is 48.9 Å². The Hall–Kier alpha value is -2.39. The van der Waals surface area contributed by atoms with Gasteiger partial charge in [0.1, 0.15) is 5.82 Å². The van der Waals surface area contributed by atoms with Crippen LogP contribution in [-0.2, 0) is 6.54 Å². The third-order valence-electron chi connectivity index (χ3n) is 6.17. The molecule has 3 aromatic rings. The van der Waals surface area contributed by atoms with Gasteiger partial charge in [-0.3, -0.25) is 14.8 Å². The maximum atomic E-state index is 15.2. The van der Waals surface area contributed by atoms with Crippen molar-refractivity contribution in [3.63, 3.8) is 0 Å². The van der Waals surface area contributed by atoms with Crippen LogP contribution in [0.1, 0.15) is 19.4 Å². The van der Waals surface area contributed by atoms with Crippen molar-refractivity contribution in [3.05, 3.63) is 65.2 Å². The van der Waals surface area contributed by atoms with Gasteiger partial charge in [-0.2, -0.15) is 0 Å². The van der Waals surface area contributed by atoms with Crippen LogP contribution in [0.15, 0.2) is 53.7 Å². The van der Waals surface area contributed by atoms with Gasteiger partial charge in [-0.05, 0) is 61.7 Å². The van der Waals surface area contributed by atoms with Crippen molar-refractivity contribution >= 4 is 29.2 Å². The molecular formula is C26H31ClFN5OS. The van der Waals surface area contributed by atoms with E-state index < -0.39 is 0 Å². The minimum absolute atomic E-state index is 0.260. The van der Waals surface area contributed by atoms with E-state index in [0.29, 0.717) is 28.2 Å². The van der Waals surface area contributed by atoms with E-state index in [4.69, 9.17) is 16.3 Å². The highest BCUT2D eigenvalue weighted by Crippen LogP contribution is 2.35. The fourth-order valence-corrected chi connectivity index (χ4v) is 5.28. The Morgan fingerprint density at radius 3 is 2.57 bits per heavy atom. The highest BCUT2D eigenvalue weighted by Gasteiger charge is 2.19. The predicted molar refractivity (Wildman–Crippen MR) is 142 cm³/mol. The molecule has 0 N–H and O–H groups in total. The van der Waals surface area contributed by atoms with Gasteiger partial charge in [-0.1, -0.05) is 17.7 Å². The molecule has 0 aliphatic carbocycles. The minimum Gasteiger partial charge on any atom is -0.480 e. The summed E-state index contributed by atoms with van der Waals surface area (Å²) in [6.45, 7) is 9.33. The summed E-state index contributed by atoms with van der Waals surface area (Å²) in [7, 11) is 3.49. The Balaban J connectivity index is 1.46. The van der Waals surface area contributed by atoms with Gasteiger partial charge < -0.3 is 9.04 Å². The molecule has 1 aliphatic heterocycles. The van der Waals surface area contributed by atoms with E-state index in [9.17, 15) is 0 Å². The molecule has 3 heterocycles. The number of ether oxygens (including phenoxy) is 1. The number of nitrogens with zero attached hydrogens (tertiary/aromatic N) is 5. The van der Waals surface area contributed by atoms with E-state index in [2.05, 4.69) is 33.6 Å². The molecule has 0 unspecified atom stereocenters. The molecule has 186 valence electrons. The number of methoxy groups -OCH3 is 1. The zero-order valence-corrected chi connectivity index (χ0v) is 22.1. The number of hydrogen-bond acceptors (Lipinski definition) is 7. The molecule has 1 fully saturated rings. The molecule has 0 saturated carbocycles. The van der Waals surface area contributed by atoms with Crippen LogP contribution >= 0.6 is 23.5 Å². The molecule has 0 bridgehead atoms. The second kappa shape index (κ2) is 11.6. The molecule has 0 atom stereocenters. The average molecular weight is 516 g/mol. The van der Waals surface area contributed by atoms with Gasteiger partial charge >= 0.3 is 0 Å². The van der Waals surface area contributed by atoms with Crippen LogP contribution in [0.2, 0.25) is 5.02 Å². The molecule has 35 heavy (non-hydrogen) atoms. The Morgan fingerprint density at radius 2 is 1.89 bits per heavy atom. The fourth-order valence-electron chi connectivity index (χ4n) is 4.15. The van der Waals surface area contributed by atoms with E-state index in [1.807, 2.05) is 35.6 Å². The molecule has 9 heteroatoms. The average Bonchev–Trinajstić information content (AvgIpc) is 2.85. The summed E-state index contributed by atoms with van der Waals surface area (Å²) in [5.74, 6) is 0.233. The maximum absolute atomic E-state index is 15.2. The van der Waals surface area contributed by atoms with Gasteiger partial charge in [0, 0.05) is 63.8 Å². The zero-order valence-electron chi connectivity index (χ0n) is 20.5. The molecular weight excluding hydrogens is 485 g/mol. The Kier molecular flexibility index (Phi) is 8.49. The number of benzene rings is 1. The van der Waals surface area contributed by atoms with Crippen LogP contribution in [0, 0.1) is 5.82 Å². The molecule has 1 aliphatic rings. The summed E-state index contributed by atoms with van der Waals surface area (Å²) in [5.41, 5.74) is 2.92. The normalized spacial score (nSPS) is 14.9. The predicted octanol–water partition coefficient (Wildman–Crippen LogP) is 5.61. The molecule has 4 rings (SSSR count). The Bertz CT molecular complexity index is 1160. The van der Waals surface area contributed by atoms with E-state index in [1.54, 1.807) is 31.6 Å². The summed E-state index contributed by atoms with van der Waals surface area (Å²) in [6.07, 6.45) is 3.24. The van der Waals surface area contributed by atoms with Crippen molar-refractivity contribution in [2.24, 2.45) is 0 Å². The maximum Gasteiger partial charge on any atom is 0.228 e. The first-order chi connectivity index (χ1) is 16.8. The number of pyridine rings is 2. The van der Waals surface area contributed by atoms with Gasteiger partial charge in [-0.25, -0.2) is 9.37 Å². The van der Waals surface area contributed by atoms with E-state index in [1.165, 1.54) is 11.9 Å². The van der Waals surface area contributed by atoms with E-state index >= 15 is 4.39 Å². The number of rotatable bonds is 8. The quantitative estimate of drug-likeness (QED) is 0.361. The lowest BCUT2D eigenvalue weighted by Crippen LogP contribution is -2.48. The molecule has 6 nitrogen and oxygen atoms in total. The lowest BCUT2D eigenvalue weighted by Gasteiger charge is -2.36. The summed E-state index contributed by atoms with van der Waals surface area (Å²) >= 11 is 7.54. The smallest absolute Gasteiger partial charge is 0.228 e. The third-order valence-corrected chi connectivity index (χ3v) is 7.35. The summed E-state index contributed by atoms with van der Waals surface area (Å²) in [6, 6.07) is 11.6. The highest BCUT2D eigenvalue weighted by molar-refractivity contribution is 8.00. The largest absolute Gasteiger partial charge is 0.480 e. The first-order valence-corrected chi connectivity index (χ1v) is 12.8. The molecule has 2 aromatic heterocycles. The molecule has 1 saturated heterocycles. The van der Waals surface area contributed by atoms with Crippen molar-refractivity contribution in [3.8, 4) is 17.1 Å². The van der Waals surface area contributed by atoms with Crippen LogP contribution in [0.4, 0.5) is 10.1 Å². The van der Waals surface area contributed by atoms with Crippen LogP contribution in [-0.4, -0.2) is 66.1 Å². The molecule has 0 spiro atoms. The lowest BCUT2D eigenvalue weighted by molar-refractivity contribution is 0.104. The summed E-state index contributed by atoms with van der Waals surface area (Å²) < 4.78 is 22.4. The highest BCUT2D eigenvalue weighted by atomic mass is 35.5. The van der Waals surface area contributed by atoms with Gasteiger partial charge in [0.15, 0.2) is 0 Å². The number of anilines is 1. The number of aromatic nitrogens is 2. The van der Waals surface area contributed by atoms with Crippen molar-refractivity contribution in [1.82, 2.24) is 19.8 Å². The van der Waals surface area contributed by atoms with Crippen molar-refractivity contribution < 1.29 is 9.13 Å². The SMILES string of the molecule is COc1ncc(Cl)cc1SN(C)c1ccnc(-c2ccc(CN3CCN(C(C)C)CC3)cc2F)c1. The first kappa shape index (κ1) is 25.7. The van der Waals surface area contributed by atoms with Crippen molar-refractivity contribution in [1.29, 1.82) is 0 Å². The number of halogens is 2. The summed E-state index contributed by atoms with van der Waals surface area (Å²) in [4.78, 5) is 14.3. The third kappa shape index (κ3) is 6.44. The van der Waals surface area contributed by atoms with Crippen LogP contribution in [0.25, 0.3) is 11.3 Å². The Labute approximate surface area is 216 Å². The number of piperazine rings is 1. The second-order valence-corrected chi connectivity index (χ2v) is 10.5. The molecule has 1 aromatic carbocycles. The van der Waals surface area contributed by atoms with Gasteiger partial charge in [0.05, 0.1) is 28.4 Å². The standard InChI is InChI=1S/C26H31ClFN5OS/c1-18(2)33-11-9-32(10-12-33)17-19-5-6-22(23(28)13-19)24-15-21(7-8-29-24)31(3)35-25-14-20(27)16-30-26(25)34-4/h5-8,13-16,18H,9-12,17H2,1-4H3. The zero-order chi connectivity index (χ0) is 24.9. The van der Waals surface area contributed by atoms with Crippen LogP contribution in [0.5, 0.6) is 5.88 Å².